The number of hydrogen-bond donors (Lipinski definition) is 0. The molecule has 0 spiro atoms. The Morgan fingerprint density at radius 1 is 1.58 bits per heavy atom. The lowest BCUT2D eigenvalue weighted by molar-refractivity contribution is 0.614. The Labute approximate surface area is 121 Å². The molecular formula is C14H16ClFN2S. The second-order valence-electron chi connectivity index (χ2n) is 4.96. The fourth-order valence-corrected chi connectivity index (χ4v) is 4.02. The van der Waals surface area contributed by atoms with E-state index in [1.54, 1.807) is 12.1 Å². The van der Waals surface area contributed by atoms with Crippen LogP contribution in [0.5, 0.6) is 0 Å². The Morgan fingerprint density at radius 2 is 2.42 bits per heavy atom. The van der Waals surface area contributed by atoms with Crippen LogP contribution in [-0.4, -0.2) is 20.6 Å². The molecule has 3 rings (SSSR count). The topological polar surface area (TPSA) is 17.8 Å². The van der Waals surface area contributed by atoms with Crippen molar-refractivity contribution in [3.05, 3.63) is 29.8 Å². The van der Waals surface area contributed by atoms with Gasteiger partial charge in [0.2, 0.25) is 0 Å². The minimum Gasteiger partial charge on any atom is -0.326 e. The number of alkyl halides is 1. The van der Waals surface area contributed by atoms with Gasteiger partial charge in [0.05, 0.1) is 16.4 Å². The number of hydrogen-bond acceptors (Lipinski definition) is 2. The van der Waals surface area contributed by atoms with Gasteiger partial charge in [-0.3, -0.25) is 0 Å². The molecule has 1 fully saturated rings. The zero-order valence-electron chi connectivity index (χ0n) is 10.8. The number of fused-ring (bicyclic) bond motifs is 1. The Balaban J connectivity index is 2.06. The Hall–Kier alpha value is -0.740. The molecule has 1 aromatic carbocycles. The van der Waals surface area contributed by atoms with Crippen LogP contribution in [-0.2, 0) is 6.54 Å². The van der Waals surface area contributed by atoms with Crippen molar-refractivity contribution in [1.29, 1.82) is 0 Å². The van der Waals surface area contributed by atoms with Crippen molar-refractivity contribution in [1.82, 2.24) is 9.55 Å². The van der Waals surface area contributed by atoms with E-state index in [0.717, 1.165) is 23.4 Å². The summed E-state index contributed by atoms with van der Waals surface area (Å²) in [6.45, 7) is 2.79. The van der Waals surface area contributed by atoms with Crippen LogP contribution >= 0.6 is 23.4 Å². The van der Waals surface area contributed by atoms with Gasteiger partial charge < -0.3 is 4.57 Å². The van der Waals surface area contributed by atoms with Crippen LogP contribution in [0.25, 0.3) is 11.0 Å². The van der Waals surface area contributed by atoms with Gasteiger partial charge in [0.15, 0.2) is 0 Å². The first kappa shape index (κ1) is 13.3. The molecule has 1 aromatic heterocycles. The summed E-state index contributed by atoms with van der Waals surface area (Å²) >= 11 is 8.21. The van der Waals surface area contributed by atoms with Crippen molar-refractivity contribution in [2.75, 3.05) is 5.75 Å². The van der Waals surface area contributed by atoms with Crippen LogP contribution in [0, 0.1) is 5.82 Å². The molecule has 0 saturated carbocycles. The Morgan fingerprint density at radius 3 is 3.11 bits per heavy atom. The van der Waals surface area contributed by atoms with Crippen LogP contribution < -0.4 is 0 Å². The van der Waals surface area contributed by atoms with E-state index in [-0.39, 0.29) is 11.2 Å². The highest BCUT2D eigenvalue weighted by Gasteiger charge is 2.21. The van der Waals surface area contributed by atoms with Gasteiger partial charge in [-0.1, -0.05) is 0 Å². The molecule has 0 amide bonds. The molecule has 0 radical (unpaired) electrons. The highest BCUT2D eigenvalue weighted by molar-refractivity contribution is 8.00. The SMILES string of the molecule is CC(Cl)c1nc2ccc(F)cc2n1CC1CCCS1. The highest BCUT2D eigenvalue weighted by atomic mass is 35.5. The van der Waals surface area contributed by atoms with E-state index in [0.29, 0.717) is 5.25 Å². The molecule has 0 aliphatic carbocycles. The summed E-state index contributed by atoms with van der Waals surface area (Å²) in [4.78, 5) is 4.55. The number of benzene rings is 1. The molecule has 1 aliphatic rings. The van der Waals surface area contributed by atoms with Crippen LogP contribution in [0.3, 0.4) is 0 Å². The van der Waals surface area contributed by atoms with E-state index >= 15 is 0 Å². The standard InChI is InChI=1S/C14H16ClFN2S/c1-9(15)14-17-12-5-4-10(16)7-13(12)18(14)8-11-3-2-6-19-11/h4-5,7,9,11H,2-3,6,8H2,1H3. The first-order valence-corrected chi connectivity index (χ1v) is 8.05. The van der Waals surface area contributed by atoms with Crippen LogP contribution in [0.2, 0.25) is 0 Å². The largest absolute Gasteiger partial charge is 0.326 e. The summed E-state index contributed by atoms with van der Waals surface area (Å²) in [5.41, 5.74) is 1.68. The lowest BCUT2D eigenvalue weighted by Crippen LogP contribution is -2.13. The summed E-state index contributed by atoms with van der Waals surface area (Å²) < 4.78 is 15.6. The molecular weight excluding hydrogens is 283 g/mol. The predicted octanol–water partition coefficient (Wildman–Crippen LogP) is 4.37. The summed E-state index contributed by atoms with van der Waals surface area (Å²) in [6, 6.07) is 4.74. The first-order valence-electron chi connectivity index (χ1n) is 6.56. The Kier molecular flexibility index (Phi) is 3.72. The Bertz CT molecular complexity index is 590. The van der Waals surface area contributed by atoms with Gasteiger partial charge in [-0.05, 0) is 43.7 Å². The van der Waals surface area contributed by atoms with Crippen molar-refractivity contribution in [3.8, 4) is 0 Å². The molecule has 2 unspecified atom stereocenters. The number of thioether (sulfide) groups is 1. The van der Waals surface area contributed by atoms with Crippen molar-refractivity contribution >= 4 is 34.4 Å². The molecule has 1 saturated heterocycles. The molecule has 1 aliphatic heterocycles. The van der Waals surface area contributed by atoms with E-state index in [2.05, 4.69) is 9.55 Å². The minimum absolute atomic E-state index is 0.165. The first-order chi connectivity index (χ1) is 9.15. The zero-order valence-corrected chi connectivity index (χ0v) is 12.3. The van der Waals surface area contributed by atoms with E-state index in [4.69, 9.17) is 11.6 Å². The summed E-state index contributed by atoms with van der Waals surface area (Å²) in [5.74, 6) is 1.84. The number of aromatic nitrogens is 2. The molecule has 0 N–H and O–H groups in total. The summed E-state index contributed by atoms with van der Waals surface area (Å²) in [6.07, 6.45) is 2.48. The molecule has 2 heterocycles. The maximum Gasteiger partial charge on any atom is 0.127 e. The second kappa shape index (κ2) is 5.33. The molecule has 19 heavy (non-hydrogen) atoms. The monoisotopic (exact) mass is 298 g/mol. The van der Waals surface area contributed by atoms with Gasteiger partial charge in [-0.25, -0.2) is 9.37 Å². The number of nitrogens with zero attached hydrogens (tertiary/aromatic N) is 2. The lowest BCUT2D eigenvalue weighted by atomic mass is 10.2. The number of halogens is 2. The number of imidazole rings is 1. The van der Waals surface area contributed by atoms with E-state index < -0.39 is 0 Å². The zero-order chi connectivity index (χ0) is 13.4. The average Bonchev–Trinajstić information content (AvgIpc) is 2.98. The minimum atomic E-state index is -0.221. The summed E-state index contributed by atoms with van der Waals surface area (Å²) in [7, 11) is 0. The van der Waals surface area contributed by atoms with E-state index in [1.807, 2.05) is 18.7 Å². The third-order valence-electron chi connectivity index (χ3n) is 3.51. The van der Waals surface area contributed by atoms with Gasteiger partial charge in [-0.2, -0.15) is 11.8 Å². The fraction of sp³-hybridized carbons (Fsp3) is 0.500. The highest BCUT2D eigenvalue weighted by Crippen LogP contribution is 2.31. The average molecular weight is 299 g/mol. The molecule has 2 nitrogen and oxygen atoms in total. The van der Waals surface area contributed by atoms with Gasteiger partial charge in [0.25, 0.3) is 0 Å². The van der Waals surface area contributed by atoms with E-state index in [1.165, 1.54) is 24.7 Å². The van der Waals surface area contributed by atoms with Crippen LogP contribution in [0.4, 0.5) is 4.39 Å². The van der Waals surface area contributed by atoms with Crippen molar-refractivity contribution in [2.45, 2.75) is 36.9 Å². The quantitative estimate of drug-likeness (QED) is 0.783. The molecule has 2 aromatic rings. The molecule has 102 valence electrons. The predicted molar refractivity (Wildman–Crippen MR) is 79.4 cm³/mol. The van der Waals surface area contributed by atoms with Crippen LogP contribution in [0.1, 0.15) is 31.0 Å². The molecule has 0 bridgehead atoms. The van der Waals surface area contributed by atoms with Crippen molar-refractivity contribution in [3.63, 3.8) is 0 Å². The van der Waals surface area contributed by atoms with Gasteiger partial charge in [0, 0.05) is 11.8 Å². The third-order valence-corrected chi connectivity index (χ3v) is 5.08. The van der Waals surface area contributed by atoms with Crippen molar-refractivity contribution < 1.29 is 4.39 Å². The number of rotatable bonds is 3. The van der Waals surface area contributed by atoms with Gasteiger partial charge in [0.1, 0.15) is 11.6 Å². The smallest absolute Gasteiger partial charge is 0.127 e. The molecule has 5 heteroatoms. The second-order valence-corrected chi connectivity index (χ2v) is 7.03. The maximum atomic E-state index is 13.5. The van der Waals surface area contributed by atoms with Gasteiger partial charge in [-0.15, -0.1) is 11.6 Å². The van der Waals surface area contributed by atoms with Crippen LogP contribution in [0.15, 0.2) is 18.2 Å². The van der Waals surface area contributed by atoms with Crippen molar-refractivity contribution in [2.24, 2.45) is 0 Å². The summed E-state index contributed by atoms with van der Waals surface area (Å²) in [5, 5.41) is 0.427. The normalized spacial score (nSPS) is 21.1. The maximum absolute atomic E-state index is 13.5. The molecule has 2 atom stereocenters. The van der Waals surface area contributed by atoms with E-state index in [9.17, 15) is 4.39 Å². The lowest BCUT2D eigenvalue weighted by Gasteiger charge is -2.14. The van der Waals surface area contributed by atoms with Gasteiger partial charge >= 0.3 is 0 Å². The third kappa shape index (κ3) is 2.61. The fourth-order valence-electron chi connectivity index (χ4n) is 2.60.